The maximum atomic E-state index is 12.5. The molecule has 1 amide bonds. The number of rotatable bonds is 6. The summed E-state index contributed by atoms with van der Waals surface area (Å²) in [6.45, 7) is 2.62. The van der Waals surface area contributed by atoms with Crippen LogP contribution in [0.5, 0.6) is 17.2 Å². The van der Waals surface area contributed by atoms with E-state index >= 15 is 0 Å². The van der Waals surface area contributed by atoms with Crippen molar-refractivity contribution in [1.82, 2.24) is 25.9 Å². The number of hydrogen-bond donors (Lipinski definition) is 3. The minimum atomic E-state index is -0.311. The molecule has 9 heteroatoms. The van der Waals surface area contributed by atoms with Gasteiger partial charge in [-0.25, -0.2) is 5.43 Å². The zero-order chi connectivity index (χ0) is 18.8. The van der Waals surface area contributed by atoms with Gasteiger partial charge in [-0.05, 0) is 25.5 Å². The number of nitrogens with one attached hydrogen (secondary N) is 3. The van der Waals surface area contributed by atoms with Crippen molar-refractivity contribution in [2.45, 2.75) is 31.5 Å². The summed E-state index contributed by atoms with van der Waals surface area (Å²) in [5.41, 5.74) is 7.13. The third kappa shape index (κ3) is 3.99. The van der Waals surface area contributed by atoms with Gasteiger partial charge in [-0.1, -0.05) is 0 Å². The highest BCUT2D eigenvalue weighted by Crippen LogP contribution is 2.35. The van der Waals surface area contributed by atoms with E-state index in [1.807, 2.05) is 38.4 Å². The lowest BCUT2D eigenvalue weighted by Gasteiger charge is -2.15. The van der Waals surface area contributed by atoms with Crippen LogP contribution < -0.4 is 30.4 Å². The Labute approximate surface area is 156 Å². The summed E-state index contributed by atoms with van der Waals surface area (Å²) in [4.78, 5) is 12.5. The molecule has 1 saturated heterocycles. The van der Waals surface area contributed by atoms with Crippen molar-refractivity contribution >= 4 is 5.91 Å². The first-order valence-corrected chi connectivity index (χ1v) is 8.91. The molecule has 0 radical (unpaired) electrons. The Balaban J connectivity index is 1.25. The monoisotopic (exact) mass is 373 g/mol. The van der Waals surface area contributed by atoms with Crippen molar-refractivity contribution in [1.29, 1.82) is 0 Å². The van der Waals surface area contributed by atoms with E-state index in [-0.39, 0.29) is 30.8 Å². The van der Waals surface area contributed by atoms with Gasteiger partial charge >= 0.3 is 0 Å². The molecule has 1 aromatic heterocycles. The first kappa shape index (κ1) is 17.6. The molecule has 0 aliphatic carbocycles. The Morgan fingerprint density at radius 2 is 2.26 bits per heavy atom. The first-order chi connectivity index (χ1) is 13.1. The lowest BCUT2D eigenvalue weighted by molar-refractivity contribution is -0.123. The van der Waals surface area contributed by atoms with Crippen molar-refractivity contribution in [2.24, 2.45) is 7.05 Å². The highest BCUT2D eigenvalue weighted by molar-refractivity contribution is 5.82. The lowest BCUT2D eigenvalue weighted by Crippen LogP contribution is -2.44. The number of benzene rings is 1. The van der Waals surface area contributed by atoms with Gasteiger partial charge in [0, 0.05) is 24.9 Å². The van der Waals surface area contributed by atoms with Crippen LogP contribution >= 0.6 is 0 Å². The molecule has 3 unspecified atom stereocenters. The average Bonchev–Trinajstić information content (AvgIpc) is 3.39. The maximum Gasteiger partial charge on any atom is 0.239 e. The Bertz CT molecular complexity index is 824. The van der Waals surface area contributed by atoms with Crippen LogP contribution in [0.25, 0.3) is 0 Å². The second-order valence-corrected chi connectivity index (χ2v) is 6.78. The molecule has 0 saturated carbocycles. The third-order valence-electron chi connectivity index (χ3n) is 4.68. The van der Waals surface area contributed by atoms with Crippen LogP contribution in [0.4, 0.5) is 0 Å². The van der Waals surface area contributed by atoms with Crippen molar-refractivity contribution in [3.05, 3.63) is 36.2 Å². The summed E-state index contributed by atoms with van der Waals surface area (Å²) in [6.07, 6.45) is 4.29. The molecule has 4 rings (SSSR count). The van der Waals surface area contributed by atoms with Crippen molar-refractivity contribution in [3.63, 3.8) is 0 Å². The number of aromatic nitrogens is 2. The molecule has 2 aliphatic heterocycles. The Kier molecular flexibility index (Phi) is 4.87. The van der Waals surface area contributed by atoms with E-state index in [4.69, 9.17) is 14.2 Å². The molecule has 2 aliphatic rings. The van der Waals surface area contributed by atoms with E-state index in [2.05, 4.69) is 21.3 Å². The number of hydrogen-bond acceptors (Lipinski definition) is 7. The number of aryl methyl sites for hydroxylation is 1. The molecule has 9 nitrogen and oxygen atoms in total. The van der Waals surface area contributed by atoms with Crippen molar-refractivity contribution in [3.8, 4) is 17.2 Å². The van der Waals surface area contributed by atoms with E-state index in [0.29, 0.717) is 24.5 Å². The van der Waals surface area contributed by atoms with Gasteiger partial charge in [-0.2, -0.15) is 5.10 Å². The van der Waals surface area contributed by atoms with Crippen LogP contribution in [0, 0.1) is 0 Å². The van der Waals surface area contributed by atoms with E-state index in [1.54, 1.807) is 10.9 Å². The average molecular weight is 373 g/mol. The SMILES string of the molecule is CC(NC(=O)C1CC(COc2ccc3c(c2)OCO3)NN1)c1cnn(C)c1. The summed E-state index contributed by atoms with van der Waals surface area (Å²) < 4.78 is 18.2. The molecule has 144 valence electrons. The smallest absolute Gasteiger partial charge is 0.239 e. The molecule has 3 atom stereocenters. The molecule has 0 spiro atoms. The van der Waals surface area contributed by atoms with Gasteiger partial charge in [0.1, 0.15) is 18.4 Å². The number of nitrogens with zero attached hydrogens (tertiary/aromatic N) is 2. The minimum absolute atomic E-state index is 0.0277. The van der Waals surface area contributed by atoms with Gasteiger partial charge in [0.15, 0.2) is 11.5 Å². The summed E-state index contributed by atoms with van der Waals surface area (Å²) in [7, 11) is 1.85. The van der Waals surface area contributed by atoms with Crippen LogP contribution in [-0.2, 0) is 11.8 Å². The number of carbonyl (C=O) groups excluding carboxylic acids is 1. The number of hydrazine groups is 1. The van der Waals surface area contributed by atoms with Gasteiger partial charge in [0.2, 0.25) is 12.7 Å². The number of fused-ring (bicyclic) bond motifs is 1. The van der Waals surface area contributed by atoms with Crippen LogP contribution in [0.2, 0.25) is 0 Å². The van der Waals surface area contributed by atoms with Gasteiger partial charge in [0.05, 0.1) is 18.3 Å². The third-order valence-corrected chi connectivity index (χ3v) is 4.68. The zero-order valence-corrected chi connectivity index (χ0v) is 15.3. The van der Waals surface area contributed by atoms with Crippen molar-refractivity contribution in [2.75, 3.05) is 13.4 Å². The van der Waals surface area contributed by atoms with E-state index in [9.17, 15) is 4.79 Å². The maximum absolute atomic E-state index is 12.5. The fourth-order valence-electron chi connectivity index (χ4n) is 3.13. The fraction of sp³-hybridized carbons (Fsp3) is 0.444. The standard InChI is InChI=1S/C18H23N5O4/c1-11(12-7-19-23(2)8-12)20-18(24)15-5-13(21-22-15)9-25-14-3-4-16-17(6-14)27-10-26-16/h3-4,6-8,11,13,15,21-22H,5,9-10H2,1-2H3,(H,20,24). The molecule has 3 heterocycles. The Hall–Kier alpha value is -2.78. The number of amides is 1. The normalized spacial score (nSPS) is 21.9. The summed E-state index contributed by atoms with van der Waals surface area (Å²) >= 11 is 0. The zero-order valence-electron chi connectivity index (χ0n) is 15.3. The van der Waals surface area contributed by atoms with E-state index in [1.165, 1.54) is 0 Å². The van der Waals surface area contributed by atoms with Crippen LogP contribution in [-0.4, -0.2) is 41.2 Å². The molecule has 3 N–H and O–H groups in total. The molecule has 1 fully saturated rings. The largest absolute Gasteiger partial charge is 0.492 e. The highest BCUT2D eigenvalue weighted by atomic mass is 16.7. The fourth-order valence-corrected chi connectivity index (χ4v) is 3.13. The lowest BCUT2D eigenvalue weighted by atomic mass is 10.1. The van der Waals surface area contributed by atoms with Crippen LogP contribution in [0.1, 0.15) is 24.9 Å². The van der Waals surface area contributed by atoms with Gasteiger partial charge in [-0.3, -0.25) is 14.9 Å². The quantitative estimate of drug-likeness (QED) is 0.683. The molecular weight excluding hydrogens is 350 g/mol. The Morgan fingerprint density at radius 1 is 1.41 bits per heavy atom. The van der Waals surface area contributed by atoms with Crippen LogP contribution in [0.3, 0.4) is 0 Å². The number of carbonyl (C=O) groups is 1. The Morgan fingerprint density at radius 3 is 3.07 bits per heavy atom. The predicted octanol–water partition coefficient (Wildman–Crippen LogP) is 0.640. The topological polar surface area (TPSA) is 98.7 Å². The van der Waals surface area contributed by atoms with E-state index in [0.717, 1.165) is 11.3 Å². The molecular formula is C18H23N5O4. The van der Waals surface area contributed by atoms with Crippen molar-refractivity contribution < 1.29 is 19.0 Å². The second kappa shape index (κ2) is 7.45. The first-order valence-electron chi connectivity index (χ1n) is 8.91. The van der Waals surface area contributed by atoms with Gasteiger partial charge in [0.25, 0.3) is 0 Å². The summed E-state index contributed by atoms with van der Waals surface area (Å²) in [5, 5.41) is 7.14. The van der Waals surface area contributed by atoms with Crippen LogP contribution in [0.15, 0.2) is 30.6 Å². The summed E-state index contributed by atoms with van der Waals surface area (Å²) in [6, 6.07) is 5.10. The van der Waals surface area contributed by atoms with Gasteiger partial charge in [-0.15, -0.1) is 0 Å². The molecule has 0 bridgehead atoms. The second-order valence-electron chi connectivity index (χ2n) is 6.78. The molecule has 2 aromatic rings. The number of ether oxygens (including phenoxy) is 3. The molecule has 1 aromatic carbocycles. The van der Waals surface area contributed by atoms with Gasteiger partial charge < -0.3 is 19.5 Å². The minimum Gasteiger partial charge on any atom is -0.492 e. The summed E-state index contributed by atoms with van der Waals surface area (Å²) in [5.74, 6) is 2.07. The molecule has 27 heavy (non-hydrogen) atoms. The highest BCUT2D eigenvalue weighted by Gasteiger charge is 2.30. The van der Waals surface area contributed by atoms with E-state index < -0.39 is 0 Å². The predicted molar refractivity (Wildman–Crippen MR) is 96.3 cm³/mol.